The van der Waals surface area contributed by atoms with Crippen LogP contribution in [-0.2, 0) is 0 Å². The highest BCUT2D eigenvalue weighted by Crippen LogP contribution is 2.36. The van der Waals surface area contributed by atoms with Crippen molar-refractivity contribution in [1.29, 1.82) is 5.26 Å². The van der Waals surface area contributed by atoms with Crippen molar-refractivity contribution >= 4 is 33.4 Å². The van der Waals surface area contributed by atoms with E-state index in [0.29, 0.717) is 10.8 Å². The number of thiazole rings is 1. The van der Waals surface area contributed by atoms with Gasteiger partial charge < -0.3 is 14.7 Å². The molecule has 0 radical (unpaired) electrons. The second-order valence-electron chi connectivity index (χ2n) is 9.02. The first kappa shape index (κ1) is 23.6. The van der Waals surface area contributed by atoms with E-state index in [1.807, 2.05) is 18.8 Å². The second kappa shape index (κ2) is 11.5. The lowest BCUT2D eigenvalue weighted by Gasteiger charge is -2.41. The van der Waals surface area contributed by atoms with Gasteiger partial charge in [-0.05, 0) is 63.4 Å². The number of piperidine rings is 3. The number of aromatic nitrogens is 1. The van der Waals surface area contributed by atoms with Crippen molar-refractivity contribution in [3.05, 3.63) is 22.1 Å². The van der Waals surface area contributed by atoms with Gasteiger partial charge in [-0.1, -0.05) is 35.6 Å². The summed E-state index contributed by atoms with van der Waals surface area (Å²) in [5.74, 6) is 0.496. The summed E-state index contributed by atoms with van der Waals surface area (Å²) in [6.45, 7) is 8.98. The minimum atomic E-state index is 0.496. The number of likely N-dealkylation sites (tertiary alicyclic amines) is 2. The number of amidine groups is 1. The van der Waals surface area contributed by atoms with E-state index in [2.05, 4.69) is 38.8 Å². The van der Waals surface area contributed by atoms with Crippen LogP contribution in [-0.4, -0.2) is 72.3 Å². The normalized spacial score (nSPS) is 24.6. The van der Waals surface area contributed by atoms with Crippen molar-refractivity contribution in [1.82, 2.24) is 14.8 Å². The van der Waals surface area contributed by atoms with Gasteiger partial charge in [-0.3, -0.25) is 4.99 Å². The number of aliphatic imine (C=N–C) groups is 1. The Hall–Kier alpha value is -1.56. The SMILES string of the molecule is CC=C(SC(=NC)N1CCC(N2CCCCC2)CC1)C1CCCN(c2ncc(C#N)s2)C1. The molecule has 1 aromatic rings. The molecule has 0 aromatic carbocycles. The molecule has 174 valence electrons. The third-order valence-electron chi connectivity index (χ3n) is 7.02. The summed E-state index contributed by atoms with van der Waals surface area (Å²) in [7, 11) is 1.94. The van der Waals surface area contributed by atoms with E-state index in [4.69, 9.17) is 10.3 Å². The van der Waals surface area contributed by atoms with E-state index in [9.17, 15) is 0 Å². The summed E-state index contributed by atoms with van der Waals surface area (Å²) < 4.78 is 0. The van der Waals surface area contributed by atoms with Crippen LogP contribution in [0, 0.1) is 17.2 Å². The predicted octanol–water partition coefficient (Wildman–Crippen LogP) is 4.80. The molecule has 1 atom stereocenters. The van der Waals surface area contributed by atoms with Crippen molar-refractivity contribution in [2.75, 3.05) is 51.2 Å². The fourth-order valence-electron chi connectivity index (χ4n) is 5.29. The van der Waals surface area contributed by atoms with Gasteiger partial charge in [0, 0.05) is 45.2 Å². The third kappa shape index (κ3) is 5.67. The molecule has 3 aliphatic rings. The largest absolute Gasteiger partial charge is 0.351 e. The zero-order valence-electron chi connectivity index (χ0n) is 19.5. The predicted molar refractivity (Wildman–Crippen MR) is 136 cm³/mol. The second-order valence-corrected chi connectivity index (χ2v) is 11.1. The molecule has 6 nitrogen and oxygen atoms in total. The molecule has 0 aliphatic carbocycles. The highest BCUT2D eigenvalue weighted by Gasteiger charge is 2.30. The minimum absolute atomic E-state index is 0.496. The topological polar surface area (TPSA) is 58.8 Å². The highest BCUT2D eigenvalue weighted by atomic mass is 32.2. The van der Waals surface area contributed by atoms with Crippen molar-refractivity contribution in [2.24, 2.45) is 10.9 Å². The number of nitrogens with zero attached hydrogens (tertiary/aromatic N) is 6. The maximum Gasteiger partial charge on any atom is 0.186 e. The van der Waals surface area contributed by atoms with E-state index in [0.717, 1.165) is 43.8 Å². The minimum Gasteiger partial charge on any atom is -0.351 e. The molecule has 3 saturated heterocycles. The molecule has 3 fully saturated rings. The van der Waals surface area contributed by atoms with Crippen LogP contribution in [0.2, 0.25) is 0 Å². The fourth-order valence-corrected chi connectivity index (χ4v) is 7.13. The van der Waals surface area contributed by atoms with Crippen molar-refractivity contribution in [3.63, 3.8) is 0 Å². The maximum atomic E-state index is 9.14. The molecule has 4 heterocycles. The molecule has 1 aromatic heterocycles. The Morgan fingerprint density at radius 1 is 1.16 bits per heavy atom. The van der Waals surface area contributed by atoms with Crippen molar-refractivity contribution < 1.29 is 0 Å². The number of thioether (sulfide) groups is 1. The van der Waals surface area contributed by atoms with E-state index < -0.39 is 0 Å². The molecule has 4 rings (SSSR count). The van der Waals surface area contributed by atoms with Crippen molar-refractivity contribution in [3.8, 4) is 6.07 Å². The maximum absolute atomic E-state index is 9.14. The van der Waals surface area contributed by atoms with Crippen LogP contribution in [0.15, 0.2) is 22.2 Å². The fraction of sp³-hybridized carbons (Fsp3) is 0.708. The van der Waals surface area contributed by atoms with Crippen LogP contribution < -0.4 is 4.90 Å². The molecule has 1 unspecified atom stereocenters. The Balaban J connectivity index is 1.33. The molecule has 32 heavy (non-hydrogen) atoms. The molecule has 3 aliphatic heterocycles. The first-order valence-electron chi connectivity index (χ1n) is 12.1. The van der Waals surface area contributed by atoms with Crippen LogP contribution in [0.5, 0.6) is 0 Å². The van der Waals surface area contributed by atoms with E-state index in [1.54, 1.807) is 6.20 Å². The molecular formula is C24H36N6S2. The van der Waals surface area contributed by atoms with Crippen LogP contribution in [0.3, 0.4) is 0 Å². The standard InChI is InChI=1S/C24H36N6S2/c1-3-22(19-8-7-13-30(18-19)24-27-17-21(16-25)31-24)32-23(26-2)29-14-9-20(10-15-29)28-11-5-4-6-12-28/h3,17,19-20H,4-15,18H2,1-2H3. The van der Waals surface area contributed by atoms with E-state index in [-0.39, 0.29) is 0 Å². The number of hydrogen-bond donors (Lipinski definition) is 0. The Bertz CT molecular complexity index is 843. The highest BCUT2D eigenvalue weighted by molar-refractivity contribution is 8.17. The lowest BCUT2D eigenvalue weighted by atomic mass is 9.98. The van der Waals surface area contributed by atoms with Gasteiger partial charge in [-0.15, -0.1) is 0 Å². The summed E-state index contributed by atoms with van der Waals surface area (Å²) in [6.07, 6.45) is 13.0. The summed E-state index contributed by atoms with van der Waals surface area (Å²) in [6, 6.07) is 2.98. The van der Waals surface area contributed by atoms with Crippen LogP contribution in [0.4, 0.5) is 5.13 Å². The van der Waals surface area contributed by atoms with Gasteiger partial charge in [0.2, 0.25) is 0 Å². The zero-order chi connectivity index (χ0) is 22.3. The molecule has 0 bridgehead atoms. The average Bonchev–Trinajstić information content (AvgIpc) is 3.35. The monoisotopic (exact) mass is 472 g/mol. The summed E-state index contributed by atoms with van der Waals surface area (Å²) in [5.41, 5.74) is 0. The third-order valence-corrected chi connectivity index (χ3v) is 9.42. The Kier molecular flexibility index (Phi) is 8.50. The van der Waals surface area contributed by atoms with E-state index >= 15 is 0 Å². The van der Waals surface area contributed by atoms with Gasteiger partial charge in [0.05, 0.1) is 6.20 Å². The quantitative estimate of drug-likeness (QED) is 0.463. The lowest BCUT2D eigenvalue weighted by Crippen LogP contribution is -2.47. The Morgan fingerprint density at radius 2 is 1.94 bits per heavy atom. The number of rotatable bonds is 4. The summed E-state index contributed by atoms with van der Waals surface area (Å²) in [4.78, 5) is 18.9. The van der Waals surface area contributed by atoms with Crippen LogP contribution in [0.25, 0.3) is 0 Å². The molecule has 0 saturated carbocycles. The van der Waals surface area contributed by atoms with Gasteiger partial charge in [0.1, 0.15) is 10.9 Å². The van der Waals surface area contributed by atoms with Crippen molar-refractivity contribution in [2.45, 2.75) is 57.9 Å². The number of hydrogen-bond acceptors (Lipinski definition) is 7. The van der Waals surface area contributed by atoms with Crippen LogP contribution >= 0.6 is 23.1 Å². The molecule has 0 spiro atoms. The molecule has 0 amide bonds. The van der Waals surface area contributed by atoms with E-state index in [1.165, 1.54) is 73.0 Å². The van der Waals surface area contributed by atoms with Crippen LogP contribution in [0.1, 0.15) is 56.7 Å². The lowest BCUT2D eigenvalue weighted by molar-refractivity contribution is 0.115. The first-order valence-corrected chi connectivity index (χ1v) is 13.8. The summed E-state index contributed by atoms with van der Waals surface area (Å²) in [5, 5.41) is 11.3. The Morgan fingerprint density at radius 3 is 2.59 bits per heavy atom. The molecular weight excluding hydrogens is 436 g/mol. The van der Waals surface area contributed by atoms with Gasteiger partial charge in [-0.25, -0.2) is 4.98 Å². The number of nitriles is 1. The van der Waals surface area contributed by atoms with Gasteiger partial charge >= 0.3 is 0 Å². The molecule has 0 N–H and O–H groups in total. The average molecular weight is 473 g/mol. The smallest absolute Gasteiger partial charge is 0.186 e. The first-order chi connectivity index (χ1) is 15.7. The summed E-state index contributed by atoms with van der Waals surface area (Å²) >= 11 is 3.38. The van der Waals surface area contributed by atoms with Gasteiger partial charge in [-0.2, -0.15) is 5.26 Å². The Labute approximate surface area is 201 Å². The zero-order valence-corrected chi connectivity index (χ0v) is 21.1. The number of allylic oxidation sites excluding steroid dienone is 1. The van der Waals surface area contributed by atoms with Gasteiger partial charge in [0.15, 0.2) is 10.3 Å². The van der Waals surface area contributed by atoms with Gasteiger partial charge in [0.25, 0.3) is 0 Å². The molecule has 8 heteroatoms. The number of anilines is 1.